The highest BCUT2D eigenvalue weighted by molar-refractivity contribution is 7.89. The lowest BCUT2D eigenvalue weighted by molar-refractivity contribution is 0.211. The zero-order valence-corrected chi connectivity index (χ0v) is 23.2. The number of hydrogen-bond donors (Lipinski definition) is 0. The SMILES string of the molecule is Cc1ccc(S(=O)(=O)N(CCN2CCCCC2)Cc2csc(COc3ccccc3C(C)C)n2)cc1. The molecule has 0 atom stereocenters. The van der Waals surface area contributed by atoms with E-state index in [4.69, 9.17) is 9.72 Å². The first kappa shape index (κ1) is 26.8. The maximum Gasteiger partial charge on any atom is 0.243 e. The lowest BCUT2D eigenvalue weighted by Crippen LogP contribution is -2.40. The molecule has 0 saturated carbocycles. The molecule has 0 radical (unpaired) electrons. The zero-order chi connectivity index (χ0) is 25.5. The van der Waals surface area contributed by atoms with E-state index in [0.29, 0.717) is 24.0 Å². The molecular formula is C28H37N3O3S2. The van der Waals surface area contributed by atoms with Gasteiger partial charge in [0, 0.05) is 18.5 Å². The van der Waals surface area contributed by atoms with E-state index < -0.39 is 10.0 Å². The van der Waals surface area contributed by atoms with Gasteiger partial charge in [0.2, 0.25) is 10.0 Å². The van der Waals surface area contributed by atoms with Crippen molar-refractivity contribution in [1.29, 1.82) is 0 Å². The maximum absolute atomic E-state index is 13.6. The van der Waals surface area contributed by atoms with E-state index in [1.807, 2.05) is 42.6 Å². The molecule has 194 valence electrons. The van der Waals surface area contributed by atoms with Gasteiger partial charge in [-0.1, -0.05) is 56.2 Å². The van der Waals surface area contributed by atoms with Crippen LogP contribution in [0.15, 0.2) is 58.8 Å². The number of rotatable bonds is 11. The van der Waals surface area contributed by atoms with Crippen LogP contribution < -0.4 is 4.74 Å². The monoisotopic (exact) mass is 527 g/mol. The number of para-hydroxylation sites is 1. The van der Waals surface area contributed by atoms with Crippen LogP contribution in [0.5, 0.6) is 5.75 Å². The third kappa shape index (κ3) is 6.94. The average Bonchev–Trinajstić information content (AvgIpc) is 3.33. The highest BCUT2D eigenvalue weighted by atomic mass is 32.2. The van der Waals surface area contributed by atoms with E-state index in [1.165, 1.54) is 36.2 Å². The Morgan fingerprint density at radius 2 is 1.78 bits per heavy atom. The number of aryl methyl sites for hydroxylation is 1. The van der Waals surface area contributed by atoms with Crippen molar-refractivity contribution in [3.05, 3.63) is 75.7 Å². The molecule has 1 aliphatic rings. The minimum atomic E-state index is -3.64. The van der Waals surface area contributed by atoms with Crippen LogP contribution in [0.25, 0.3) is 0 Å². The fraction of sp³-hybridized carbons (Fsp3) is 0.464. The van der Waals surface area contributed by atoms with Crippen molar-refractivity contribution in [2.24, 2.45) is 0 Å². The summed E-state index contributed by atoms with van der Waals surface area (Å²) in [6.07, 6.45) is 3.62. The minimum Gasteiger partial charge on any atom is -0.486 e. The summed E-state index contributed by atoms with van der Waals surface area (Å²) >= 11 is 1.51. The number of thiazole rings is 1. The minimum absolute atomic E-state index is 0.253. The van der Waals surface area contributed by atoms with Crippen molar-refractivity contribution in [2.45, 2.75) is 64.0 Å². The molecule has 2 heterocycles. The quantitative estimate of drug-likeness (QED) is 0.314. The Morgan fingerprint density at radius 1 is 1.06 bits per heavy atom. The first-order chi connectivity index (χ1) is 17.3. The summed E-state index contributed by atoms with van der Waals surface area (Å²) in [4.78, 5) is 7.43. The molecular weight excluding hydrogens is 490 g/mol. The number of piperidine rings is 1. The molecule has 1 aliphatic heterocycles. The normalized spacial score (nSPS) is 15.0. The van der Waals surface area contributed by atoms with Crippen LogP contribution in [0.4, 0.5) is 0 Å². The number of ether oxygens (including phenoxy) is 1. The molecule has 0 unspecified atom stereocenters. The first-order valence-corrected chi connectivity index (χ1v) is 15.1. The van der Waals surface area contributed by atoms with Gasteiger partial charge in [0.1, 0.15) is 17.4 Å². The number of nitrogens with zero attached hydrogens (tertiary/aromatic N) is 3. The highest BCUT2D eigenvalue weighted by Gasteiger charge is 2.26. The summed E-state index contributed by atoms with van der Waals surface area (Å²) in [6, 6.07) is 15.2. The Labute approximate surface area is 220 Å². The molecule has 1 fully saturated rings. The summed E-state index contributed by atoms with van der Waals surface area (Å²) in [6.45, 7) is 10.1. The van der Waals surface area contributed by atoms with E-state index in [9.17, 15) is 8.42 Å². The van der Waals surface area contributed by atoms with Gasteiger partial charge in [-0.25, -0.2) is 13.4 Å². The third-order valence-electron chi connectivity index (χ3n) is 6.60. The molecule has 1 aromatic heterocycles. The van der Waals surface area contributed by atoms with Gasteiger partial charge in [0.25, 0.3) is 0 Å². The molecule has 8 heteroatoms. The number of hydrogen-bond acceptors (Lipinski definition) is 6. The summed E-state index contributed by atoms with van der Waals surface area (Å²) in [5, 5.41) is 2.79. The van der Waals surface area contributed by atoms with E-state index in [2.05, 4.69) is 24.8 Å². The molecule has 0 amide bonds. The molecule has 0 N–H and O–H groups in total. The second-order valence-electron chi connectivity index (χ2n) is 9.77. The van der Waals surface area contributed by atoms with E-state index in [-0.39, 0.29) is 6.54 Å². The fourth-order valence-corrected chi connectivity index (χ4v) is 6.58. The standard InChI is InChI=1S/C28H37N3O3S2/c1-22(2)26-9-5-6-10-27(26)34-20-28-29-24(21-35-28)19-31(18-17-30-15-7-4-8-16-30)36(32,33)25-13-11-23(3)12-14-25/h5-6,9-14,21-22H,4,7-8,15-20H2,1-3H3. The summed E-state index contributed by atoms with van der Waals surface area (Å²) < 4.78 is 34.9. The molecule has 2 aromatic carbocycles. The number of sulfonamides is 1. The molecule has 3 aromatic rings. The van der Waals surface area contributed by atoms with Crippen molar-refractivity contribution in [3.8, 4) is 5.75 Å². The highest BCUT2D eigenvalue weighted by Crippen LogP contribution is 2.27. The zero-order valence-electron chi connectivity index (χ0n) is 21.5. The topological polar surface area (TPSA) is 62.7 Å². The van der Waals surface area contributed by atoms with Gasteiger partial charge < -0.3 is 9.64 Å². The second kappa shape index (κ2) is 12.3. The van der Waals surface area contributed by atoms with Gasteiger partial charge in [0.05, 0.1) is 17.1 Å². The van der Waals surface area contributed by atoms with Gasteiger partial charge in [-0.15, -0.1) is 11.3 Å². The van der Waals surface area contributed by atoms with Crippen molar-refractivity contribution in [2.75, 3.05) is 26.2 Å². The van der Waals surface area contributed by atoms with E-state index >= 15 is 0 Å². The van der Waals surface area contributed by atoms with Crippen molar-refractivity contribution >= 4 is 21.4 Å². The van der Waals surface area contributed by atoms with E-state index in [0.717, 1.165) is 41.6 Å². The Balaban J connectivity index is 1.47. The third-order valence-corrected chi connectivity index (χ3v) is 9.33. The van der Waals surface area contributed by atoms with Crippen molar-refractivity contribution < 1.29 is 13.2 Å². The molecule has 0 spiro atoms. The molecule has 6 nitrogen and oxygen atoms in total. The van der Waals surface area contributed by atoms with Crippen LogP contribution in [0.2, 0.25) is 0 Å². The predicted molar refractivity (Wildman–Crippen MR) is 146 cm³/mol. The summed E-state index contributed by atoms with van der Waals surface area (Å²) in [7, 11) is -3.64. The molecule has 4 rings (SSSR count). The van der Waals surface area contributed by atoms with Crippen LogP contribution in [-0.4, -0.2) is 48.8 Å². The Kier molecular flexibility index (Phi) is 9.17. The van der Waals surface area contributed by atoms with Crippen LogP contribution in [0, 0.1) is 6.92 Å². The summed E-state index contributed by atoms with van der Waals surface area (Å²) in [5.74, 6) is 1.24. The Hall–Kier alpha value is -2.26. The second-order valence-corrected chi connectivity index (χ2v) is 12.6. The summed E-state index contributed by atoms with van der Waals surface area (Å²) in [5.41, 5.74) is 2.96. The Bertz CT molecular complexity index is 1220. The van der Waals surface area contributed by atoms with Gasteiger partial charge >= 0.3 is 0 Å². The predicted octanol–water partition coefficient (Wildman–Crippen LogP) is 5.83. The molecule has 0 aliphatic carbocycles. The Morgan fingerprint density at radius 3 is 2.50 bits per heavy atom. The van der Waals surface area contributed by atoms with Crippen LogP contribution in [0.3, 0.4) is 0 Å². The van der Waals surface area contributed by atoms with E-state index in [1.54, 1.807) is 16.4 Å². The smallest absolute Gasteiger partial charge is 0.243 e. The molecule has 36 heavy (non-hydrogen) atoms. The van der Waals surface area contributed by atoms with Gasteiger partial charge in [-0.05, 0) is 62.5 Å². The maximum atomic E-state index is 13.6. The largest absolute Gasteiger partial charge is 0.486 e. The van der Waals surface area contributed by atoms with Crippen molar-refractivity contribution in [1.82, 2.24) is 14.2 Å². The lowest BCUT2D eigenvalue weighted by Gasteiger charge is -2.29. The number of likely N-dealkylation sites (tertiary alicyclic amines) is 1. The van der Waals surface area contributed by atoms with Crippen LogP contribution in [0.1, 0.15) is 60.9 Å². The molecule has 1 saturated heterocycles. The number of benzene rings is 2. The van der Waals surface area contributed by atoms with Gasteiger partial charge in [-0.3, -0.25) is 0 Å². The average molecular weight is 528 g/mol. The van der Waals surface area contributed by atoms with Crippen molar-refractivity contribution in [3.63, 3.8) is 0 Å². The molecule has 0 bridgehead atoms. The van der Waals surface area contributed by atoms with Crippen LogP contribution in [-0.2, 0) is 23.2 Å². The first-order valence-electron chi connectivity index (χ1n) is 12.8. The number of aromatic nitrogens is 1. The van der Waals surface area contributed by atoms with Gasteiger partial charge in [-0.2, -0.15) is 4.31 Å². The van der Waals surface area contributed by atoms with Crippen LogP contribution >= 0.6 is 11.3 Å². The fourth-order valence-electron chi connectivity index (χ4n) is 4.48. The lowest BCUT2D eigenvalue weighted by atomic mass is 10.0. The van der Waals surface area contributed by atoms with Gasteiger partial charge in [0.15, 0.2) is 0 Å².